The first-order valence-electron chi connectivity index (χ1n) is 5.67. The number of carboxylic acids is 2. The van der Waals surface area contributed by atoms with Crippen LogP contribution in [0.3, 0.4) is 0 Å². The summed E-state index contributed by atoms with van der Waals surface area (Å²) >= 11 is 0. The van der Waals surface area contributed by atoms with Gasteiger partial charge in [0.1, 0.15) is 5.41 Å². The highest BCUT2D eigenvalue weighted by atomic mass is 16.5. The van der Waals surface area contributed by atoms with E-state index in [0.29, 0.717) is 6.42 Å². The molecule has 1 aliphatic rings. The van der Waals surface area contributed by atoms with Crippen molar-refractivity contribution in [1.29, 1.82) is 0 Å². The zero-order valence-electron chi connectivity index (χ0n) is 10.1. The number of carboxylic acid groups (broad SMARTS) is 2. The van der Waals surface area contributed by atoms with Crippen molar-refractivity contribution in [2.75, 3.05) is 6.61 Å². The second-order valence-electron chi connectivity index (χ2n) is 4.31. The monoisotopic (exact) mass is 256 g/mol. The van der Waals surface area contributed by atoms with E-state index in [0.717, 1.165) is 0 Å². The maximum absolute atomic E-state index is 11.4. The van der Waals surface area contributed by atoms with Crippen molar-refractivity contribution < 1.29 is 29.3 Å². The molecule has 0 amide bonds. The minimum absolute atomic E-state index is 0.0324. The van der Waals surface area contributed by atoms with Crippen molar-refractivity contribution in [1.82, 2.24) is 0 Å². The lowest BCUT2D eigenvalue weighted by molar-refractivity contribution is -0.162. The molecular formula is C12H16O6. The van der Waals surface area contributed by atoms with Crippen LogP contribution in [0.5, 0.6) is 0 Å². The van der Waals surface area contributed by atoms with E-state index in [-0.39, 0.29) is 19.4 Å². The van der Waals surface area contributed by atoms with E-state index in [4.69, 9.17) is 9.84 Å². The quantitative estimate of drug-likeness (QED) is 0.563. The molecule has 0 saturated carbocycles. The molecule has 0 aromatic heterocycles. The molecule has 0 heterocycles. The maximum Gasteiger partial charge on any atom is 0.314 e. The van der Waals surface area contributed by atoms with Gasteiger partial charge in [-0.05, 0) is 12.8 Å². The molecular weight excluding hydrogens is 240 g/mol. The number of esters is 1. The SMILES string of the molecule is CC(=O)OCCC1(C(=O)O)C=CCCC1C(=O)O. The molecule has 0 radical (unpaired) electrons. The molecule has 0 aromatic carbocycles. The van der Waals surface area contributed by atoms with Crippen molar-refractivity contribution in [2.45, 2.75) is 26.2 Å². The van der Waals surface area contributed by atoms with Gasteiger partial charge in [-0.1, -0.05) is 12.2 Å². The lowest BCUT2D eigenvalue weighted by Crippen LogP contribution is -2.43. The topological polar surface area (TPSA) is 101 Å². The number of hydrogen-bond acceptors (Lipinski definition) is 4. The number of carbonyl (C=O) groups excluding carboxylic acids is 1. The van der Waals surface area contributed by atoms with Gasteiger partial charge >= 0.3 is 17.9 Å². The van der Waals surface area contributed by atoms with Crippen molar-refractivity contribution in [2.24, 2.45) is 11.3 Å². The summed E-state index contributed by atoms with van der Waals surface area (Å²) in [6.07, 6.45) is 3.87. The predicted molar refractivity (Wildman–Crippen MR) is 60.8 cm³/mol. The molecule has 6 nitrogen and oxygen atoms in total. The van der Waals surface area contributed by atoms with Crippen molar-refractivity contribution >= 4 is 17.9 Å². The van der Waals surface area contributed by atoms with Gasteiger partial charge in [-0.2, -0.15) is 0 Å². The highest BCUT2D eigenvalue weighted by Crippen LogP contribution is 2.40. The predicted octanol–water partition coefficient (Wildman–Crippen LogP) is 1.06. The Hall–Kier alpha value is -1.85. The molecule has 1 aliphatic carbocycles. The second kappa shape index (κ2) is 5.66. The molecule has 0 fully saturated rings. The van der Waals surface area contributed by atoms with Crippen molar-refractivity contribution in [3.05, 3.63) is 12.2 Å². The first-order valence-corrected chi connectivity index (χ1v) is 5.67. The third-order valence-corrected chi connectivity index (χ3v) is 3.18. The minimum atomic E-state index is -1.49. The van der Waals surface area contributed by atoms with E-state index in [1.165, 1.54) is 13.0 Å². The van der Waals surface area contributed by atoms with Crippen molar-refractivity contribution in [3.8, 4) is 0 Å². The van der Waals surface area contributed by atoms with E-state index in [1.807, 2.05) is 0 Å². The third kappa shape index (κ3) is 2.88. The lowest BCUT2D eigenvalue weighted by atomic mass is 9.68. The number of aliphatic carboxylic acids is 2. The molecule has 2 unspecified atom stereocenters. The summed E-state index contributed by atoms with van der Waals surface area (Å²) in [4.78, 5) is 33.2. The molecule has 6 heteroatoms. The number of allylic oxidation sites excluding steroid dienone is 1. The Kier molecular flexibility index (Phi) is 4.47. The average Bonchev–Trinajstić information content (AvgIpc) is 2.28. The van der Waals surface area contributed by atoms with Gasteiger partial charge in [0, 0.05) is 13.3 Å². The fraction of sp³-hybridized carbons (Fsp3) is 0.583. The molecule has 1 rings (SSSR count). The van der Waals surface area contributed by atoms with Gasteiger partial charge in [0.05, 0.1) is 12.5 Å². The smallest absolute Gasteiger partial charge is 0.314 e. The van der Waals surface area contributed by atoms with E-state index >= 15 is 0 Å². The zero-order chi connectivity index (χ0) is 13.8. The van der Waals surface area contributed by atoms with E-state index < -0.39 is 29.2 Å². The summed E-state index contributed by atoms with van der Waals surface area (Å²) in [5.41, 5.74) is -1.49. The Morgan fingerprint density at radius 1 is 1.39 bits per heavy atom. The Bertz CT molecular complexity index is 386. The first kappa shape index (κ1) is 14.2. The fourth-order valence-corrected chi connectivity index (χ4v) is 2.22. The standard InChI is InChI=1S/C12H16O6/c1-8(13)18-7-6-12(11(16)17)5-3-2-4-9(12)10(14)15/h3,5,9H,2,4,6-7H2,1H3,(H,14,15)(H,16,17). The summed E-state index contributed by atoms with van der Waals surface area (Å²) in [6, 6.07) is 0. The van der Waals surface area contributed by atoms with Crippen LogP contribution < -0.4 is 0 Å². The summed E-state index contributed by atoms with van der Waals surface area (Å²) < 4.78 is 4.72. The highest BCUT2D eigenvalue weighted by Gasteiger charge is 2.48. The number of ether oxygens (including phenoxy) is 1. The molecule has 0 bridgehead atoms. The molecule has 2 atom stereocenters. The van der Waals surface area contributed by atoms with Crippen LogP contribution >= 0.6 is 0 Å². The fourth-order valence-electron chi connectivity index (χ4n) is 2.22. The van der Waals surface area contributed by atoms with Crippen LogP contribution in [0.1, 0.15) is 26.2 Å². The molecule has 2 N–H and O–H groups in total. The van der Waals surface area contributed by atoms with Crippen LogP contribution in [0.15, 0.2) is 12.2 Å². The molecule has 0 saturated heterocycles. The Morgan fingerprint density at radius 2 is 2.06 bits per heavy atom. The van der Waals surface area contributed by atoms with Gasteiger partial charge in [0.15, 0.2) is 0 Å². The van der Waals surface area contributed by atoms with Crippen LogP contribution in [0.2, 0.25) is 0 Å². The lowest BCUT2D eigenvalue weighted by Gasteiger charge is -2.34. The largest absolute Gasteiger partial charge is 0.481 e. The third-order valence-electron chi connectivity index (χ3n) is 3.18. The average molecular weight is 256 g/mol. The normalized spacial score (nSPS) is 26.6. The molecule has 0 spiro atoms. The summed E-state index contributed by atoms with van der Waals surface area (Å²) in [5, 5.41) is 18.4. The van der Waals surface area contributed by atoms with E-state index in [9.17, 15) is 19.5 Å². The van der Waals surface area contributed by atoms with Gasteiger partial charge < -0.3 is 14.9 Å². The zero-order valence-corrected chi connectivity index (χ0v) is 10.1. The summed E-state index contributed by atoms with van der Waals surface area (Å²) in [5.74, 6) is -3.83. The van der Waals surface area contributed by atoms with Crippen molar-refractivity contribution in [3.63, 3.8) is 0 Å². The van der Waals surface area contributed by atoms with Gasteiger partial charge in [0.2, 0.25) is 0 Å². The minimum Gasteiger partial charge on any atom is -0.481 e. The molecule has 0 aromatic rings. The van der Waals surface area contributed by atoms with Gasteiger partial charge in [-0.25, -0.2) is 0 Å². The van der Waals surface area contributed by atoms with Crippen LogP contribution in [0.25, 0.3) is 0 Å². The number of rotatable bonds is 5. The number of hydrogen-bond donors (Lipinski definition) is 2. The van der Waals surface area contributed by atoms with Crippen LogP contribution in [-0.4, -0.2) is 34.7 Å². The van der Waals surface area contributed by atoms with E-state index in [1.54, 1.807) is 6.08 Å². The summed E-state index contributed by atoms with van der Waals surface area (Å²) in [7, 11) is 0. The Balaban J connectivity index is 2.92. The van der Waals surface area contributed by atoms with Gasteiger partial charge in [-0.3, -0.25) is 14.4 Å². The molecule has 100 valence electrons. The second-order valence-corrected chi connectivity index (χ2v) is 4.31. The van der Waals surface area contributed by atoms with E-state index in [2.05, 4.69) is 0 Å². The maximum atomic E-state index is 11.4. The number of carbonyl (C=O) groups is 3. The van der Waals surface area contributed by atoms with Gasteiger partial charge in [-0.15, -0.1) is 0 Å². The Labute approximate surface area is 104 Å². The van der Waals surface area contributed by atoms with Gasteiger partial charge in [0.25, 0.3) is 0 Å². The molecule has 0 aliphatic heterocycles. The Morgan fingerprint density at radius 3 is 2.56 bits per heavy atom. The highest BCUT2D eigenvalue weighted by molar-refractivity contribution is 5.85. The summed E-state index contributed by atoms with van der Waals surface area (Å²) in [6.45, 7) is 1.12. The van der Waals surface area contributed by atoms with Crippen LogP contribution in [0, 0.1) is 11.3 Å². The van der Waals surface area contributed by atoms with Crippen LogP contribution in [-0.2, 0) is 19.1 Å². The first-order chi connectivity index (χ1) is 8.40. The molecule has 18 heavy (non-hydrogen) atoms. The van der Waals surface area contributed by atoms with Crippen LogP contribution in [0.4, 0.5) is 0 Å².